The molecule has 0 amide bonds. The third-order valence-electron chi connectivity index (χ3n) is 4.19. The number of para-hydroxylation sites is 1. The van der Waals surface area contributed by atoms with Crippen molar-refractivity contribution >= 4 is 16.9 Å². The highest BCUT2D eigenvalue weighted by atomic mass is 16.5. The monoisotopic (exact) mass is 306 g/mol. The quantitative estimate of drug-likeness (QED) is 0.742. The second-order valence-electron chi connectivity index (χ2n) is 5.79. The van der Waals surface area contributed by atoms with E-state index in [0.29, 0.717) is 5.92 Å². The van der Waals surface area contributed by atoms with Crippen LogP contribution in [0.15, 0.2) is 55.0 Å². The lowest BCUT2D eigenvalue weighted by Gasteiger charge is -2.18. The van der Waals surface area contributed by atoms with E-state index in [9.17, 15) is 0 Å². The van der Waals surface area contributed by atoms with Gasteiger partial charge in [-0.25, -0.2) is 9.97 Å². The van der Waals surface area contributed by atoms with Gasteiger partial charge in [-0.15, -0.1) is 0 Å². The first-order chi connectivity index (χ1) is 11.4. The summed E-state index contributed by atoms with van der Waals surface area (Å²) in [6, 6.07) is 13.9. The summed E-state index contributed by atoms with van der Waals surface area (Å²) in [4.78, 5) is 15.5. The number of benzene rings is 1. The molecule has 1 aliphatic rings. The summed E-state index contributed by atoms with van der Waals surface area (Å²) >= 11 is 0. The molecule has 1 saturated heterocycles. The molecule has 3 aromatic rings. The summed E-state index contributed by atoms with van der Waals surface area (Å²) in [5, 5.41) is 0. The molecule has 1 unspecified atom stereocenters. The fraction of sp³-hybridized carbons (Fsp3) is 0.278. The molecule has 5 nitrogen and oxygen atoms in total. The van der Waals surface area contributed by atoms with Gasteiger partial charge in [0.2, 0.25) is 0 Å². The molecule has 1 aromatic carbocycles. The predicted octanol–water partition coefficient (Wildman–Crippen LogP) is 2.93. The topological polar surface area (TPSA) is 51.1 Å². The Labute approximate surface area is 135 Å². The van der Waals surface area contributed by atoms with Gasteiger partial charge in [0.15, 0.2) is 5.82 Å². The van der Waals surface area contributed by atoms with Gasteiger partial charge < -0.3 is 9.64 Å². The van der Waals surface area contributed by atoms with Crippen LogP contribution in [0.1, 0.15) is 6.42 Å². The molecule has 0 bridgehead atoms. The Morgan fingerprint density at radius 1 is 1.04 bits per heavy atom. The van der Waals surface area contributed by atoms with Gasteiger partial charge in [0.25, 0.3) is 0 Å². The van der Waals surface area contributed by atoms with Gasteiger partial charge in [0.1, 0.15) is 17.6 Å². The second-order valence-corrected chi connectivity index (χ2v) is 5.79. The summed E-state index contributed by atoms with van der Waals surface area (Å²) in [6.07, 6.45) is 4.51. The van der Waals surface area contributed by atoms with Crippen molar-refractivity contribution in [3.8, 4) is 5.75 Å². The van der Waals surface area contributed by atoms with Crippen LogP contribution in [0.25, 0.3) is 11.0 Å². The van der Waals surface area contributed by atoms with E-state index in [2.05, 4.69) is 19.9 Å². The number of hydrogen-bond donors (Lipinski definition) is 0. The molecular weight excluding hydrogens is 288 g/mol. The van der Waals surface area contributed by atoms with Gasteiger partial charge >= 0.3 is 0 Å². The largest absolute Gasteiger partial charge is 0.493 e. The minimum absolute atomic E-state index is 0.504. The average molecular weight is 306 g/mol. The Hall–Kier alpha value is -2.69. The summed E-state index contributed by atoms with van der Waals surface area (Å²) in [5.74, 6) is 2.36. The van der Waals surface area contributed by atoms with E-state index < -0.39 is 0 Å². The Morgan fingerprint density at radius 2 is 1.96 bits per heavy atom. The Morgan fingerprint density at radius 3 is 2.87 bits per heavy atom. The van der Waals surface area contributed by atoms with Crippen LogP contribution in [0.5, 0.6) is 5.75 Å². The maximum atomic E-state index is 5.89. The van der Waals surface area contributed by atoms with E-state index in [1.807, 2.05) is 42.5 Å². The number of anilines is 1. The molecule has 0 aliphatic carbocycles. The Kier molecular flexibility index (Phi) is 3.76. The van der Waals surface area contributed by atoms with Crippen LogP contribution >= 0.6 is 0 Å². The van der Waals surface area contributed by atoms with E-state index in [1.54, 1.807) is 12.5 Å². The average Bonchev–Trinajstić information content (AvgIpc) is 3.09. The molecule has 1 fully saturated rings. The molecule has 3 heterocycles. The summed E-state index contributed by atoms with van der Waals surface area (Å²) in [5.41, 5.74) is 1.76. The van der Waals surface area contributed by atoms with Crippen LogP contribution in [-0.2, 0) is 0 Å². The van der Waals surface area contributed by atoms with Gasteiger partial charge in [-0.1, -0.05) is 18.2 Å². The fourth-order valence-corrected chi connectivity index (χ4v) is 3.00. The van der Waals surface area contributed by atoms with Crippen molar-refractivity contribution in [3.63, 3.8) is 0 Å². The number of nitrogens with zero attached hydrogens (tertiary/aromatic N) is 4. The normalized spacial score (nSPS) is 17.6. The lowest BCUT2D eigenvalue weighted by molar-refractivity contribution is 0.261. The zero-order valence-corrected chi connectivity index (χ0v) is 12.8. The van der Waals surface area contributed by atoms with Crippen LogP contribution in [-0.4, -0.2) is 34.6 Å². The summed E-state index contributed by atoms with van der Waals surface area (Å²) < 4.78 is 5.89. The number of fused-ring (bicyclic) bond motifs is 1. The molecule has 1 aliphatic heterocycles. The van der Waals surface area contributed by atoms with Crippen LogP contribution in [0.3, 0.4) is 0 Å². The minimum atomic E-state index is 0.504. The third kappa shape index (κ3) is 2.95. The molecule has 0 saturated carbocycles. The number of hydrogen-bond acceptors (Lipinski definition) is 5. The van der Waals surface area contributed by atoms with Crippen molar-refractivity contribution in [3.05, 3.63) is 55.0 Å². The highest BCUT2D eigenvalue weighted by Crippen LogP contribution is 2.27. The first-order valence-electron chi connectivity index (χ1n) is 7.89. The molecule has 23 heavy (non-hydrogen) atoms. The van der Waals surface area contributed by atoms with E-state index in [1.165, 1.54) is 0 Å². The second kappa shape index (κ2) is 6.20. The number of ether oxygens (including phenoxy) is 1. The maximum Gasteiger partial charge on any atom is 0.158 e. The van der Waals surface area contributed by atoms with Crippen LogP contribution in [0.4, 0.5) is 5.82 Å². The highest BCUT2D eigenvalue weighted by molar-refractivity contribution is 5.85. The first-order valence-corrected chi connectivity index (χ1v) is 7.89. The van der Waals surface area contributed by atoms with Crippen molar-refractivity contribution in [2.75, 3.05) is 24.6 Å². The summed E-state index contributed by atoms with van der Waals surface area (Å²) in [7, 11) is 0. The molecule has 0 radical (unpaired) electrons. The lowest BCUT2D eigenvalue weighted by atomic mass is 10.1. The minimum Gasteiger partial charge on any atom is -0.493 e. The number of rotatable bonds is 4. The molecule has 5 heteroatoms. The molecule has 4 rings (SSSR count). The number of pyridine rings is 1. The third-order valence-corrected chi connectivity index (χ3v) is 4.19. The smallest absolute Gasteiger partial charge is 0.158 e. The summed E-state index contributed by atoms with van der Waals surface area (Å²) in [6.45, 7) is 2.65. The van der Waals surface area contributed by atoms with Crippen molar-refractivity contribution in [1.29, 1.82) is 0 Å². The van der Waals surface area contributed by atoms with Gasteiger partial charge in [0.05, 0.1) is 12.1 Å². The lowest BCUT2D eigenvalue weighted by Crippen LogP contribution is -2.23. The van der Waals surface area contributed by atoms with Crippen LogP contribution < -0.4 is 9.64 Å². The van der Waals surface area contributed by atoms with Gasteiger partial charge in [-0.3, -0.25) is 4.98 Å². The first kappa shape index (κ1) is 13.9. The molecule has 116 valence electrons. The SMILES string of the molecule is c1ccc(OCC2CCN(c3ncnc4cccnc34)C2)cc1. The zero-order valence-electron chi connectivity index (χ0n) is 12.8. The molecule has 0 N–H and O–H groups in total. The van der Waals surface area contributed by atoms with Crippen molar-refractivity contribution in [2.24, 2.45) is 5.92 Å². The molecular formula is C18H18N4O. The van der Waals surface area contributed by atoms with E-state index in [-0.39, 0.29) is 0 Å². The van der Waals surface area contributed by atoms with Crippen molar-refractivity contribution < 1.29 is 4.74 Å². The van der Waals surface area contributed by atoms with Gasteiger partial charge in [0, 0.05) is 25.2 Å². The highest BCUT2D eigenvalue weighted by Gasteiger charge is 2.25. The van der Waals surface area contributed by atoms with E-state index >= 15 is 0 Å². The van der Waals surface area contributed by atoms with Crippen molar-refractivity contribution in [1.82, 2.24) is 15.0 Å². The van der Waals surface area contributed by atoms with Crippen LogP contribution in [0.2, 0.25) is 0 Å². The van der Waals surface area contributed by atoms with Crippen molar-refractivity contribution in [2.45, 2.75) is 6.42 Å². The molecule has 1 atom stereocenters. The maximum absolute atomic E-state index is 5.89. The Balaban J connectivity index is 1.45. The van der Waals surface area contributed by atoms with Gasteiger partial charge in [-0.05, 0) is 30.7 Å². The predicted molar refractivity (Wildman–Crippen MR) is 89.6 cm³/mol. The number of aromatic nitrogens is 3. The Bertz CT molecular complexity index is 788. The van der Waals surface area contributed by atoms with E-state index in [0.717, 1.165) is 48.7 Å². The zero-order chi connectivity index (χ0) is 15.5. The molecule has 0 spiro atoms. The molecule has 2 aromatic heterocycles. The standard InChI is InChI=1S/C18H18N4O/c1-2-5-15(6-3-1)23-12-14-8-10-22(11-14)18-17-16(20-13-21-18)7-4-9-19-17/h1-7,9,13-14H,8,10-12H2. The fourth-order valence-electron chi connectivity index (χ4n) is 3.00. The van der Waals surface area contributed by atoms with Gasteiger partial charge in [-0.2, -0.15) is 0 Å². The van der Waals surface area contributed by atoms with Crippen LogP contribution in [0, 0.1) is 5.92 Å². The van der Waals surface area contributed by atoms with E-state index in [4.69, 9.17) is 4.74 Å².